The summed E-state index contributed by atoms with van der Waals surface area (Å²) in [4.78, 5) is 26.0. The van der Waals surface area contributed by atoms with Gasteiger partial charge >= 0.3 is 6.01 Å². The lowest BCUT2D eigenvalue weighted by Gasteiger charge is -2.58. The quantitative estimate of drug-likeness (QED) is 0.394. The highest BCUT2D eigenvalue weighted by Gasteiger charge is 2.54. The molecule has 2 aliphatic carbocycles. The smallest absolute Gasteiger partial charge is 0.343 e. The monoisotopic (exact) mass is 609 g/mol. The molecule has 44 heavy (non-hydrogen) atoms. The van der Waals surface area contributed by atoms with E-state index in [9.17, 15) is 18.0 Å². The second-order valence-corrected chi connectivity index (χ2v) is 12.7. The zero-order valence-corrected chi connectivity index (χ0v) is 24.6. The number of nitrogens with zero attached hydrogens (tertiary/aromatic N) is 6. The Morgan fingerprint density at radius 2 is 1.93 bits per heavy atom. The molecule has 4 aliphatic rings. The van der Waals surface area contributed by atoms with Gasteiger partial charge in [-0.3, -0.25) is 9.78 Å². The van der Waals surface area contributed by atoms with Crippen LogP contribution in [-0.4, -0.2) is 74.7 Å². The summed E-state index contributed by atoms with van der Waals surface area (Å²) in [5, 5.41) is 11.4. The molecule has 10 nitrogen and oxygen atoms in total. The number of carbonyl (C=O) groups excluding carboxylic acids is 1. The number of pyridine rings is 1. The van der Waals surface area contributed by atoms with E-state index in [1.807, 2.05) is 12.3 Å². The summed E-state index contributed by atoms with van der Waals surface area (Å²) in [5.41, 5.74) is 2.33. The maximum absolute atomic E-state index is 14.3. The summed E-state index contributed by atoms with van der Waals surface area (Å²) >= 11 is 0. The second kappa shape index (κ2) is 10.9. The van der Waals surface area contributed by atoms with Crippen LogP contribution in [0.3, 0.4) is 0 Å². The number of fused-ring (bicyclic) bond motifs is 1. The van der Waals surface area contributed by atoms with Crippen LogP contribution in [0.25, 0.3) is 0 Å². The number of anilines is 1. The average molecular weight is 610 g/mol. The molecule has 0 bridgehead atoms. The summed E-state index contributed by atoms with van der Waals surface area (Å²) in [6.07, 6.45) is 5.46. The first-order chi connectivity index (χ1) is 21.1. The maximum Gasteiger partial charge on any atom is 0.343 e. The number of carbonyl (C=O) groups is 1. The van der Waals surface area contributed by atoms with Crippen molar-refractivity contribution >= 4 is 11.7 Å². The largest absolute Gasteiger partial charge is 0.490 e. The fourth-order valence-corrected chi connectivity index (χ4v) is 6.92. The lowest BCUT2D eigenvalue weighted by atomic mass is 9.62. The number of nitrogens with one attached hydrogen (secondary N) is 1. The van der Waals surface area contributed by atoms with Crippen molar-refractivity contribution in [2.24, 2.45) is 5.41 Å². The number of hydrogen-bond acceptors (Lipinski definition) is 9. The summed E-state index contributed by atoms with van der Waals surface area (Å²) in [5.74, 6) is -2.52. The van der Waals surface area contributed by atoms with Gasteiger partial charge in [0.15, 0.2) is 5.82 Å². The molecular weight excluding hydrogens is 575 g/mol. The number of amides is 1. The average Bonchev–Trinajstić information content (AvgIpc) is 2.93. The van der Waals surface area contributed by atoms with Crippen LogP contribution in [0.4, 0.5) is 19.0 Å². The fourth-order valence-electron chi connectivity index (χ4n) is 6.92. The lowest BCUT2D eigenvalue weighted by molar-refractivity contribution is -0.120. The van der Waals surface area contributed by atoms with Crippen molar-refractivity contribution in [1.82, 2.24) is 30.4 Å². The Kier molecular flexibility index (Phi) is 7.10. The van der Waals surface area contributed by atoms with E-state index in [1.165, 1.54) is 11.0 Å². The Hall–Kier alpha value is -4.00. The van der Waals surface area contributed by atoms with Gasteiger partial charge < -0.3 is 24.6 Å². The van der Waals surface area contributed by atoms with Crippen molar-refractivity contribution in [3.8, 4) is 17.5 Å². The maximum atomic E-state index is 14.3. The van der Waals surface area contributed by atoms with E-state index in [2.05, 4.69) is 30.4 Å². The molecule has 0 atom stereocenters. The molecule has 2 aliphatic heterocycles. The van der Waals surface area contributed by atoms with E-state index < -0.39 is 36.5 Å². The summed E-state index contributed by atoms with van der Waals surface area (Å²) in [6, 6.07) is 4.36. The first-order valence-electron chi connectivity index (χ1n) is 15.0. The van der Waals surface area contributed by atoms with Gasteiger partial charge in [0.2, 0.25) is 0 Å². The Bertz CT molecular complexity index is 1570. The third-order valence-electron chi connectivity index (χ3n) is 9.09. The Labute approximate surface area is 253 Å². The fraction of sp³-hybridized carbons (Fsp3) is 0.516. The molecule has 13 heteroatoms. The van der Waals surface area contributed by atoms with Crippen LogP contribution in [0.15, 0.2) is 36.7 Å². The molecule has 0 radical (unpaired) electrons. The number of halogens is 3. The van der Waals surface area contributed by atoms with E-state index in [4.69, 9.17) is 9.47 Å². The van der Waals surface area contributed by atoms with Crippen LogP contribution >= 0.6 is 0 Å². The van der Waals surface area contributed by atoms with Gasteiger partial charge in [0.1, 0.15) is 23.4 Å². The van der Waals surface area contributed by atoms with Crippen LogP contribution < -0.4 is 19.7 Å². The molecule has 2 saturated carbocycles. The first kappa shape index (κ1) is 28.8. The van der Waals surface area contributed by atoms with E-state index in [-0.39, 0.29) is 34.9 Å². The zero-order valence-electron chi connectivity index (χ0n) is 24.6. The second-order valence-electron chi connectivity index (χ2n) is 12.7. The van der Waals surface area contributed by atoms with Crippen molar-refractivity contribution in [3.63, 3.8) is 0 Å². The van der Waals surface area contributed by atoms with Crippen molar-refractivity contribution in [1.29, 1.82) is 0 Å². The zero-order chi connectivity index (χ0) is 30.6. The van der Waals surface area contributed by atoms with E-state index in [1.54, 1.807) is 20.0 Å². The third-order valence-corrected chi connectivity index (χ3v) is 9.09. The molecule has 0 unspecified atom stereocenters. The van der Waals surface area contributed by atoms with E-state index in [0.717, 1.165) is 74.6 Å². The molecule has 1 amide bonds. The highest BCUT2D eigenvalue weighted by molar-refractivity contribution is 5.97. The molecule has 3 fully saturated rings. The van der Waals surface area contributed by atoms with Crippen LogP contribution in [-0.2, 0) is 13.0 Å². The van der Waals surface area contributed by atoms with Crippen molar-refractivity contribution in [2.45, 2.75) is 76.6 Å². The molecule has 1 saturated heterocycles. The van der Waals surface area contributed by atoms with Gasteiger partial charge in [0, 0.05) is 80.4 Å². The van der Waals surface area contributed by atoms with Crippen molar-refractivity contribution in [2.75, 3.05) is 24.5 Å². The molecule has 1 N–H and O–H groups in total. The minimum Gasteiger partial charge on any atom is -0.490 e. The van der Waals surface area contributed by atoms with Gasteiger partial charge in [-0.15, -0.1) is 0 Å². The van der Waals surface area contributed by atoms with Crippen LogP contribution in [0.2, 0.25) is 0 Å². The predicted molar refractivity (Wildman–Crippen MR) is 154 cm³/mol. The molecule has 2 aromatic heterocycles. The number of ether oxygens (including phenoxy) is 2. The molecule has 232 valence electrons. The summed E-state index contributed by atoms with van der Waals surface area (Å²) in [6.45, 7) is 6.77. The first-order valence-corrected chi connectivity index (χ1v) is 15.0. The summed E-state index contributed by atoms with van der Waals surface area (Å²) < 4.78 is 53.8. The number of aromatic nitrogens is 4. The summed E-state index contributed by atoms with van der Waals surface area (Å²) in [7, 11) is 0. The third kappa shape index (κ3) is 5.42. The van der Waals surface area contributed by atoms with Crippen LogP contribution in [0.1, 0.15) is 61.1 Å². The Balaban J connectivity index is 0.995. The molecular formula is C31H34F3N7O3. The number of alkyl halides is 2. The van der Waals surface area contributed by atoms with Crippen LogP contribution in [0, 0.1) is 11.2 Å². The van der Waals surface area contributed by atoms with Gasteiger partial charge in [-0.2, -0.15) is 10.1 Å². The Morgan fingerprint density at radius 3 is 2.68 bits per heavy atom. The molecule has 1 spiro atoms. The van der Waals surface area contributed by atoms with Gasteiger partial charge in [-0.25, -0.2) is 13.2 Å². The lowest BCUT2D eigenvalue weighted by Crippen LogP contribution is -2.65. The number of benzene rings is 1. The van der Waals surface area contributed by atoms with E-state index >= 15 is 0 Å². The van der Waals surface area contributed by atoms with Gasteiger partial charge in [0.25, 0.3) is 11.8 Å². The standard InChI is InChI=1S/C31H34F3N7O3/c1-18(2)41(20-10-31(33,34)11-20)28(42)22-9-19(32)3-4-25(22)44-29-38-27(15-37-39-29)40-16-30(17-40)12-21(13-30)43-26-6-8-36-24-5-7-35-14-23(24)26/h3-4,6,8-9,15,18,20-21,35H,5,7,10-14,16-17H2,1-2H3. The highest BCUT2D eigenvalue weighted by Crippen LogP contribution is 2.51. The minimum absolute atomic E-state index is 0.0275. The number of rotatable bonds is 8. The van der Waals surface area contributed by atoms with Gasteiger partial charge in [-0.05, 0) is 51.0 Å². The molecule has 1 aromatic carbocycles. The molecule has 7 rings (SSSR count). The Morgan fingerprint density at radius 1 is 1.14 bits per heavy atom. The van der Waals surface area contributed by atoms with E-state index in [0.29, 0.717) is 5.82 Å². The van der Waals surface area contributed by atoms with Crippen molar-refractivity contribution in [3.05, 3.63) is 59.3 Å². The topological polar surface area (TPSA) is 106 Å². The minimum atomic E-state index is -2.81. The van der Waals surface area contributed by atoms with Crippen LogP contribution in [0.5, 0.6) is 17.5 Å². The van der Waals surface area contributed by atoms with Gasteiger partial charge in [0.05, 0.1) is 11.8 Å². The molecule has 4 heterocycles. The predicted octanol–water partition coefficient (Wildman–Crippen LogP) is 4.54. The normalized spacial score (nSPS) is 20.4. The highest BCUT2D eigenvalue weighted by atomic mass is 19.3. The van der Waals surface area contributed by atoms with Gasteiger partial charge in [-0.1, -0.05) is 5.10 Å². The SMILES string of the molecule is CC(C)N(C(=O)c1cc(F)ccc1Oc1nncc(N2CC3(CC(Oc4ccnc5c4CNCC5)C3)C2)n1)C1CC(F)(F)C1. The molecule has 3 aromatic rings. The van der Waals surface area contributed by atoms with Crippen molar-refractivity contribution < 1.29 is 27.4 Å². The number of hydrogen-bond donors (Lipinski definition) is 1.